The summed E-state index contributed by atoms with van der Waals surface area (Å²) in [7, 11) is 0. The largest absolute Gasteiger partial charge is 0.310 e. The van der Waals surface area contributed by atoms with Gasteiger partial charge in [-0.05, 0) is 24.1 Å². The highest BCUT2D eigenvalue weighted by Gasteiger charge is 2.30. The Balaban J connectivity index is 1.85. The van der Waals surface area contributed by atoms with Crippen LogP contribution < -0.4 is 5.32 Å². The molecule has 1 N–H and O–H groups in total. The van der Waals surface area contributed by atoms with Crippen LogP contribution in [0.1, 0.15) is 29.0 Å². The van der Waals surface area contributed by atoms with Crippen LogP contribution in [0.2, 0.25) is 0 Å². The second-order valence-corrected chi connectivity index (χ2v) is 5.86. The Bertz CT molecular complexity index is 867. The number of amides is 1. The molecule has 114 valence electrons. The smallest absolute Gasteiger partial charge is 0.226 e. The van der Waals surface area contributed by atoms with Crippen molar-refractivity contribution in [1.82, 2.24) is 9.78 Å². The number of anilines is 1. The first kappa shape index (κ1) is 13.8. The summed E-state index contributed by atoms with van der Waals surface area (Å²) in [5, 5.41) is 7.54. The summed E-state index contributed by atoms with van der Waals surface area (Å²) in [5.74, 6) is 0.865. The highest BCUT2D eigenvalue weighted by Crippen LogP contribution is 2.38. The second-order valence-electron chi connectivity index (χ2n) is 5.86. The fourth-order valence-corrected chi connectivity index (χ4v) is 3.19. The van der Waals surface area contributed by atoms with Gasteiger partial charge >= 0.3 is 0 Å². The number of hydrogen-bond donors (Lipinski definition) is 1. The standard InChI is InChI=1S/C19H17N3O/c1-13-7-5-6-10-17(13)22-19-16(12-20-22)15(11-18(23)21-19)14-8-3-2-4-9-14/h2-10,12,15H,11H2,1H3,(H,21,23). The SMILES string of the molecule is Cc1ccccc1-n1ncc2c1NC(=O)CC2c1ccccc1. The van der Waals surface area contributed by atoms with E-state index in [2.05, 4.69) is 22.5 Å². The van der Waals surface area contributed by atoms with Gasteiger partial charge in [-0.3, -0.25) is 4.79 Å². The number of fused-ring (bicyclic) bond motifs is 1. The molecule has 0 radical (unpaired) electrons. The summed E-state index contributed by atoms with van der Waals surface area (Å²) in [6.07, 6.45) is 2.33. The maximum absolute atomic E-state index is 12.2. The van der Waals surface area contributed by atoms with E-state index in [-0.39, 0.29) is 11.8 Å². The Morgan fingerprint density at radius 2 is 1.83 bits per heavy atom. The van der Waals surface area contributed by atoms with Crippen molar-refractivity contribution in [2.75, 3.05) is 5.32 Å². The number of nitrogens with one attached hydrogen (secondary N) is 1. The molecule has 4 rings (SSSR count). The van der Waals surface area contributed by atoms with Crippen molar-refractivity contribution in [2.45, 2.75) is 19.3 Å². The molecule has 1 amide bonds. The highest BCUT2D eigenvalue weighted by atomic mass is 16.1. The maximum Gasteiger partial charge on any atom is 0.226 e. The van der Waals surface area contributed by atoms with Crippen LogP contribution in [-0.2, 0) is 4.79 Å². The zero-order chi connectivity index (χ0) is 15.8. The Morgan fingerprint density at radius 1 is 1.09 bits per heavy atom. The summed E-state index contributed by atoms with van der Waals surface area (Å²) in [4.78, 5) is 12.2. The van der Waals surface area contributed by atoms with Crippen LogP contribution in [0.25, 0.3) is 5.69 Å². The molecule has 0 saturated carbocycles. The van der Waals surface area contributed by atoms with Crippen LogP contribution in [0.5, 0.6) is 0 Å². The van der Waals surface area contributed by atoms with Gasteiger partial charge < -0.3 is 5.32 Å². The Hall–Kier alpha value is -2.88. The topological polar surface area (TPSA) is 46.9 Å². The van der Waals surface area contributed by atoms with Crippen LogP contribution in [-0.4, -0.2) is 15.7 Å². The molecule has 0 aliphatic carbocycles. The lowest BCUT2D eigenvalue weighted by atomic mass is 9.87. The van der Waals surface area contributed by atoms with Gasteiger partial charge in [0.2, 0.25) is 5.91 Å². The van der Waals surface area contributed by atoms with E-state index in [1.165, 1.54) is 0 Å². The Morgan fingerprint density at radius 3 is 2.61 bits per heavy atom. The number of rotatable bonds is 2. The van der Waals surface area contributed by atoms with Gasteiger partial charge in [0.25, 0.3) is 0 Å². The molecule has 23 heavy (non-hydrogen) atoms. The molecule has 0 saturated heterocycles. The number of para-hydroxylation sites is 1. The Labute approximate surface area is 134 Å². The molecule has 1 atom stereocenters. The summed E-state index contributed by atoms with van der Waals surface area (Å²) < 4.78 is 1.83. The van der Waals surface area contributed by atoms with Crippen molar-refractivity contribution >= 4 is 11.7 Å². The number of aryl methyl sites for hydroxylation is 1. The summed E-state index contributed by atoms with van der Waals surface area (Å²) in [6, 6.07) is 18.2. The number of benzene rings is 2. The molecule has 3 aromatic rings. The van der Waals surface area contributed by atoms with Gasteiger partial charge in [-0.2, -0.15) is 5.10 Å². The fraction of sp³-hybridized carbons (Fsp3) is 0.158. The molecule has 0 fully saturated rings. The lowest BCUT2D eigenvalue weighted by Crippen LogP contribution is -2.24. The van der Waals surface area contributed by atoms with Crippen molar-refractivity contribution in [3.63, 3.8) is 0 Å². The average molecular weight is 303 g/mol. The van der Waals surface area contributed by atoms with E-state index in [0.717, 1.165) is 28.2 Å². The molecule has 1 aliphatic heterocycles. The third kappa shape index (κ3) is 2.32. The summed E-state index contributed by atoms with van der Waals surface area (Å²) in [5.41, 5.74) is 4.32. The monoisotopic (exact) mass is 303 g/mol. The molecule has 0 bridgehead atoms. The number of aromatic nitrogens is 2. The Kier molecular flexibility index (Phi) is 3.23. The normalized spacial score (nSPS) is 16.7. The minimum atomic E-state index is 0.0293. The molecule has 1 unspecified atom stereocenters. The zero-order valence-corrected chi connectivity index (χ0v) is 12.9. The van der Waals surface area contributed by atoms with Crippen molar-refractivity contribution in [3.05, 3.63) is 77.5 Å². The number of hydrogen-bond acceptors (Lipinski definition) is 2. The molecule has 1 aliphatic rings. The van der Waals surface area contributed by atoms with Crippen LogP contribution in [0.4, 0.5) is 5.82 Å². The molecule has 1 aromatic heterocycles. The predicted octanol–water partition coefficient (Wildman–Crippen LogP) is 3.65. The van der Waals surface area contributed by atoms with Crippen LogP contribution in [0, 0.1) is 6.92 Å². The van der Waals surface area contributed by atoms with Crippen LogP contribution in [0.15, 0.2) is 60.8 Å². The van der Waals surface area contributed by atoms with E-state index in [1.807, 2.05) is 60.3 Å². The number of carbonyl (C=O) groups is 1. The van der Waals surface area contributed by atoms with E-state index >= 15 is 0 Å². The third-order valence-corrected chi connectivity index (χ3v) is 4.37. The molecule has 4 heteroatoms. The van der Waals surface area contributed by atoms with Crippen LogP contribution in [0.3, 0.4) is 0 Å². The number of carbonyl (C=O) groups excluding carboxylic acids is 1. The minimum absolute atomic E-state index is 0.0293. The summed E-state index contributed by atoms with van der Waals surface area (Å²) >= 11 is 0. The molecule has 2 heterocycles. The third-order valence-electron chi connectivity index (χ3n) is 4.37. The van der Waals surface area contributed by atoms with Gasteiger partial charge in [0.1, 0.15) is 5.82 Å². The maximum atomic E-state index is 12.2. The van der Waals surface area contributed by atoms with E-state index in [1.54, 1.807) is 0 Å². The first-order valence-corrected chi connectivity index (χ1v) is 7.73. The van der Waals surface area contributed by atoms with Gasteiger partial charge in [0.05, 0.1) is 11.9 Å². The second kappa shape index (κ2) is 5.39. The van der Waals surface area contributed by atoms with Gasteiger partial charge in [0.15, 0.2) is 0 Å². The lowest BCUT2D eigenvalue weighted by molar-refractivity contribution is -0.116. The molecule has 2 aromatic carbocycles. The van der Waals surface area contributed by atoms with Gasteiger partial charge in [-0.1, -0.05) is 48.5 Å². The van der Waals surface area contributed by atoms with Crippen molar-refractivity contribution < 1.29 is 4.79 Å². The van der Waals surface area contributed by atoms with E-state index in [4.69, 9.17) is 0 Å². The van der Waals surface area contributed by atoms with Crippen molar-refractivity contribution in [3.8, 4) is 5.69 Å². The van der Waals surface area contributed by atoms with E-state index in [0.29, 0.717) is 6.42 Å². The molecule has 4 nitrogen and oxygen atoms in total. The quantitative estimate of drug-likeness (QED) is 0.785. The molecular weight excluding hydrogens is 286 g/mol. The van der Waals surface area contributed by atoms with Gasteiger partial charge in [0, 0.05) is 17.9 Å². The van der Waals surface area contributed by atoms with Crippen molar-refractivity contribution in [2.24, 2.45) is 0 Å². The number of nitrogens with zero attached hydrogens (tertiary/aromatic N) is 2. The first-order chi connectivity index (χ1) is 11.2. The van der Waals surface area contributed by atoms with Gasteiger partial charge in [-0.25, -0.2) is 4.68 Å². The average Bonchev–Trinajstić information content (AvgIpc) is 2.99. The molecular formula is C19H17N3O. The van der Waals surface area contributed by atoms with Crippen LogP contribution >= 0.6 is 0 Å². The van der Waals surface area contributed by atoms with Crippen molar-refractivity contribution in [1.29, 1.82) is 0 Å². The molecule has 0 spiro atoms. The van der Waals surface area contributed by atoms with E-state index < -0.39 is 0 Å². The van der Waals surface area contributed by atoms with E-state index in [9.17, 15) is 4.79 Å². The predicted molar refractivity (Wildman–Crippen MR) is 89.8 cm³/mol. The highest BCUT2D eigenvalue weighted by molar-refractivity contribution is 5.94. The fourth-order valence-electron chi connectivity index (χ4n) is 3.19. The zero-order valence-electron chi connectivity index (χ0n) is 12.9. The summed E-state index contributed by atoms with van der Waals surface area (Å²) in [6.45, 7) is 2.04. The van der Waals surface area contributed by atoms with Gasteiger partial charge in [-0.15, -0.1) is 0 Å². The first-order valence-electron chi connectivity index (χ1n) is 7.73. The lowest BCUT2D eigenvalue weighted by Gasteiger charge is -2.24. The minimum Gasteiger partial charge on any atom is -0.310 e.